The summed E-state index contributed by atoms with van der Waals surface area (Å²) in [6, 6.07) is 0.729. The van der Waals surface area contributed by atoms with E-state index in [0.717, 1.165) is 13.0 Å². The lowest BCUT2D eigenvalue weighted by atomic mass is 10.1. The van der Waals surface area contributed by atoms with Gasteiger partial charge in [0, 0.05) is 18.6 Å². The maximum Gasteiger partial charge on any atom is 0.324 e. The van der Waals surface area contributed by atoms with Crippen molar-refractivity contribution in [1.82, 2.24) is 10.6 Å². The molecule has 2 fully saturated rings. The quantitative estimate of drug-likeness (QED) is 0.576. The van der Waals surface area contributed by atoms with Gasteiger partial charge < -0.3 is 15.4 Å². The molecule has 0 amide bonds. The van der Waals surface area contributed by atoms with Gasteiger partial charge in [-0.05, 0) is 19.8 Å². The third kappa shape index (κ3) is 1.69. The number of fused-ring (bicyclic) bond motifs is 2. The molecule has 2 aliphatic rings. The van der Waals surface area contributed by atoms with Crippen molar-refractivity contribution in [2.75, 3.05) is 13.2 Å². The molecule has 2 rings (SSSR count). The van der Waals surface area contributed by atoms with Gasteiger partial charge in [-0.1, -0.05) is 0 Å². The van der Waals surface area contributed by atoms with Crippen LogP contribution in [0.15, 0.2) is 0 Å². The first-order valence-electron chi connectivity index (χ1n) is 4.97. The van der Waals surface area contributed by atoms with Gasteiger partial charge >= 0.3 is 5.97 Å². The van der Waals surface area contributed by atoms with E-state index in [2.05, 4.69) is 10.6 Å². The monoisotopic (exact) mass is 184 g/mol. The number of piperazine rings is 1. The molecule has 2 N–H and O–H groups in total. The van der Waals surface area contributed by atoms with Crippen LogP contribution < -0.4 is 10.6 Å². The van der Waals surface area contributed by atoms with Crippen molar-refractivity contribution in [1.29, 1.82) is 0 Å². The molecule has 0 aromatic carbocycles. The number of carbonyl (C=O) groups excluding carboxylic acids is 1. The molecule has 0 spiro atoms. The van der Waals surface area contributed by atoms with E-state index in [-0.39, 0.29) is 18.1 Å². The van der Waals surface area contributed by atoms with Crippen LogP contribution in [0, 0.1) is 0 Å². The Morgan fingerprint density at radius 2 is 2.38 bits per heavy atom. The topological polar surface area (TPSA) is 50.4 Å². The Labute approximate surface area is 78.0 Å². The highest BCUT2D eigenvalue weighted by Gasteiger charge is 2.39. The fraction of sp³-hybridized carbons (Fsp3) is 0.889. The van der Waals surface area contributed by atoms with Crippen LogP contribution in [0.25, 0.3) is 0 Å². The molecule has 2 heterocycles. The third-order valence-electron chi connectivity index (χ3n) is 2.80. The highest BCUT2D eigenvalue weighted by atomic mass is 16.5. The molecule has 4 nitrogen and oxygen atoms in total. The summed E-state index contributed by atoms with van der Waals surface area (Å²) in [4.78, 5) is 11.5. The fourth-order valence-electron chi connectivity index (χ4n) is 2.17. The zero-order chi connectivity index (χ0) is 9.26. The number of hydrogen-bond donors (Lipinski definition) is 2. The Hall–Kier alpha value is -0.610. The number of carbonyl (C=O) groups is 1. The lowest BCUT2D eigenvalue weighted by molar-refractivity contribution is -0.146. The van der Waals surface area contributed by atoms with Crippen LogP contribution in [0.4, 0.5) is 0 Å². The number of hydrogen-bond acceptors (Lipinski definition) is 4. The van der Waals surface area contributed by atoms with Crippen LogP contribution >= 0.6 is 0 Å². The Morgan fingerprint density at radius 3 is 3.15 bits per heavy atom. The molecule has 13 heavy (non-hydrogen) atoms. The van der Waals surface area contributed by atoms with Gasteiger partial charge in [0.05, 0.1) is 6.61 Å². The largest absolute Gasteiger partial charge is 0.465 e. The predicted octanol–water partition coefficient (Wildman–Crippen LogP) is -0.358. The third-order valence-corrected chi connectivity index (χ3v) is 2.80. The summed E-state index contributed by atoms with van der Waals surface area (Å²) in [5, 5.41) is 6.65. The summed E-state index contributed by atoms with van der Waals surface area (Å²) in [7, 11) is 0. The van der Waals surface area contributed by atoms with Gasteiger partial charge in [0.25, 0.3) is 0 Å². The molecule has 0 radical (unpaired) electrons. The summed E-state index contributed by atoms with van der Waals surface area (Å²) in [5.41, 5.74) is 0. The Balaban J connectivity index is 1.95. The average molecular weight is 184 g/mol. The lowest BCUT2D eigenvalue weighted by Gasteiger charge is -2.29. The molecule has 2 saturated heterocycles. The summed E-state index contributed by atoms with van der Waals surface area (Å²) in [5.74, 6) is -0.111. The maximum atomic E-state index is 11.5. The van der Waals surface area contributed by atoms with Crippen LogP contribution in [0.3, 0.4) is 0 Å². The van der Waals surface area contributed by atoms with Crippen molar-refractivity contribution >= 4 is 5.97 Å². The molecule has 0 saturated carbocycles. The summed E-state index contributed by atoms with van der Waals surface area (Å²) >= 11 is 0. The van der Waals surface area contributed by atoms with Crippen molar-refractivity contribution in [3.8, 4) is 0 Å². The molecule has 2 bridgehead atoms. The maximum absolute atomic E-state index is 11.5. The van der Waals surface area contributed by atoms with Crippen LogP contribution in [0.1, 0.15) is 19.8 Å². The van der Waals surface area contributed by atoms with E-state index in [4.69, 9.17) is 4.74 Å². The van der Waals surface area contributed by atoms with E-state index in [1.165, 1.54) is 6.42 Å². The molecule has 74 valence electrons. The molecule has 0 aliphatic carbocycles. The summed E-state index contributed by atoms with van der Waals surface area (Å²) in [6.45, 7) is 3.19. The first-order chi connectivity index (χ1) is 6.31. The molecule has 2 aliphatic heterocycles. The molecule has 0 aromatic rings. The lowest BCUT2D eigenvalue weighted by Crippen LogP contribution is -2.59. The van der Waals surface area contributed by atoms with E-state index in [1.807, 2.05) is 6.92 Å². The molecule has 3 unspecified atom stereocenters. The van der Waals surface area contributed by atoms with Crippen LogP contribution in [-0.4, -0.2) is 37.2 Å². The van der Waals surface area contributed by atoms with Crippen molar-refractivity contribution in [2.45, 2.75) is 37.9 Å². The second-order valence-corrected chi connectivity index (χ2v) is 3.69. The summed E-state index contributed by atoms with van der Waals surface area (Å²) < 4.78 is 4.99. The minimum atomic E-state index is -0.126. The number of nitrogens with one attached hydrogen (secondary N) is 2. The highest BCUT2D eigenvalue weighted by molar-refractivity contribution is 5.77. The van der Waals surface area contributed by atoms with Crippen LogP contribution in [-0.2, 0) is 9.53 Å². The van der Waals surface area contributed by atoms with E-state index >= 15 is 0 Å². The van der Waals surface area contributed by atoms with E-state index in [9.17, 15) is 4.79 Å². The number of rotatable bonds is 2. The van der Waals surface area contributed by atoms with Crippen molar-refractivity contribution < 1.29 is 9.53 Å². The molecule has 3 atom stereocenters. The predicted molar refractivity (Wildman–Crippen MR) is 48.4 cm³/mol. The van der Waals surface area contributed by atoms with Crippen LogP contribution in [0.5, 0.6) is 0 Å². The molecular weight excluding hydrogens is 168 g/mol. The Kier molecular flexibility index (Phi) is 2.51. The first kappa shape index (κ1) is 8.97. The minimum Gasteiger partial charge on any atom is -0.465 e. The zero-order valence-corrected chi connectivity index (χ0v) is 7.88. The van der Waals surface area contributed by atoms with E-state index in [0.29, 0.717) is 12.6 Å². The average Bonchev–Trinajstić information content (AvgIpc) is 2.48. The van der Waals surface area contributed by atoms with Crippen LogP contribution in [0.2, 0.25) is 0 Å². The second-order valence-electron chi connectivity index (χ2n) is 3.69. The SMILES string of the molecule is CCOC(=O)C1NCC2CCC1N2. The van der Waals surface area contributed by atoms with E-state index < -0.39 is 0 Å². The van der Waals surface area contributed by atoms with Gasteiger partial charge in [-0.25, -0.2) is 0 Å². The number of esters is 1. The molecule has 4 heteroatoms. The first-order valence-corrected chi connectivity index (χ1v) is 4.97. The normalized spacial score (nSPS) is 37.5. The Bertz CT molecular complexity index is 208. The van der Waals surface area contributed by atoms with Crippen molar-refractivity contribution in [2.24, 2.45) is 0 Å². The smallest absolute Gasteiger partial charge is 0.324 e. The Morgan fingerprint density at radius 1 is 1.54 bits per heavy atom. The van der Waals surface area contributed by atoms with Crippen molar-refractivity contribution in [3.63, 3.8) is 0 Å². The summed E-state index contributed by atoms with van der Waals surface area (Å²) in [6.07, 6.45) is 2.26. The minimum absolute atomic E-state index is 0.111. The van der Waals surface area contributed by atoms with Gasteiger partial charge in [-0.2, -0.15) is 0 Å². The van der Waals surface area contributed by atoms with Crippen molar-refractivity contribution in [3.05, 3.63) is 0 Å². The second kappa shape index (κ2) is 3.64. The standard InChI is InChI=1S/C9H16N2O2/c1-2-13-9(12)8-7-4-3-6(11-7)5-10-8/h6-8,10-11H,2-5H2,1H3. The van der Waals surface area contributed by atoms with E-state index in [1.54, 1.807) is 0 Å². The fourth-order valence-corrected chi connectivity index (χ4v) is 2.17. The van der Waals surface area contributed by atoms with Gasteiger partial charge in [-0.15, -0.1) is 0 Å². The molecular formula is C9H16N2O2. The number of ether oxygens (including phenoxy) is 1. The van der Waals surface area contributed by atoms with Gasteiger partial charge in [-0.3, -0.25) is 4.79 Å². The van der Waals surface area contributed by atoms with Gasteiger partial charge in [0.2, 0.25) is 0 Å². The highest BCUT2D eigenvalue weighted by Crippen LogP contribution is 2.19. The zero-order valence-electron chi connectivity index (χ0n) is 7.88. The van der Waals surface area contributed by atoms with Gasteiger partial charge in [0.1, 0.15) is 6.04 Å². The van der Waals surface area contributed by atoms with Gasteiger partial charge in [0.15, 0.2) is 0 Å². The molecule has 0 aromatic heterocycles.